The van der Waals surface area contributed by atoms with Crippen LogP contribution in [0.15, 0.2) is 29.2 Å². The summed E-state index contributed by atoms with van der Waals surface area (Å²) in [6.07, 6.45) is -4.14. The Kier molecular flexibility index (Phi) is 3.29. The molecule has 0 spiro atoms. The number of carbonyl (C=O) groups excluding carboxylic acids is 1. The second-order valence-corrected chi connectivity index (χ2v) is 5.96. The highest BCUT2D eigenvalue weighted by molar-refractivity contribution is 7.89. The highest BCUT2D eigenvalue weighted by atomic mass is 32.2. The highest BCUT2D eigenvalue weighted by Crippen LogP contribution is 2.31. The first-order valence-corrected chi connectivity index (χ1v) is 6.90. The molecule has 0 aliphatic carbocycles. The summed E-state index contributed by atoms with van der Waals surface area (Å²) in [5.74, 6) is -0.586. The second kappa shape index (κ2) is 4.52. The van der Waals surface area contributed by atoms with Crippen LogP contribution in [0, 0.1) is 0 Å². The van der Waals surface area contributed by atoms with Gasteiger partial charge in [-0.05, 0) is 24.6 Å². The molecule has 1 amide bonds. The van der Waals surface area contributed by atoms with Gasteiger partial charge in [0, 0.05) is 13.0 Å². The maximum Gasteiger partial charge on any atom is 0.416 e. The Labute approximate surface area is 107 Å². The van der Waals surface area contributed by atoms with E-state index in [4.69, 9.17) is 0 Å². The minimum absolute atomic E-state index is 0.0113. The van der Waals surface area contributed by atoms with E-state index in [1.807, 2.05) is 0 Å². The molecule has 0 radical (unpaired) electrons. The molecule has 0 saturated carbocycles. The third-order valence-corrected chi connectivity index (χ3v) is 4.60. The molecule has 1 aromatic rings. The van der Waals surface area contributed by atoms with Gasteiger partial charge in [0.2, 0.25) is 5.91 Å². The molecule has 0 N–H and O–H groups in total. The molecule has 1 aliphatic rings. The quantitative estimate of drug-likeness (QED) is 0.838. The maximum absolute atomic E-state index is 12.5. The predicted molar refractivity (Wildman–Crippen MR) is 59.6 cm³/mol. The van der Waals surface area contributed by atoms with Crippen LogP contribution in [0.2, 0.25) is 0 Å². The number of benzene rings is 1. The van der Waals surface area contributed by atoms with Crippen molar-refractivity contribution in [1.82, 2.24) is 4.31 Å². The van der Waals surface area contributed by atoms with Crippen LogP contribution >= 0.6 is 0 Å². The highest BCUT2D eigenvalue weighted by Gasteiger charge is 2.35. The summed E-state index contributed by atoms with van der Waals surface area (Å²) >= 11 is 0. The third-order valence-electron chi connectivity index (χ3n) is 2.78. The van der Waals surface area contributed by atoms with Crippen molar-refractivity contribution in [1.29, 1.82) is 0 Å². The topological polar surface area (TPSA) is 54.5 Å². The molecule has 1 aliphatic heterocycles. The molecule has 19 heavy (non-hydrogen) atoms. The molecule has 8 heteroatoms. The number of hydrogen-bond donors (Lipinski definition) is 0. The first kappa shape index (κ1) is 13.9. The van der Waals surface area contributed by atoms with Crippen molar-refractivity contribution in [3.05, 3.63) is 29.8 Å². The second-order valence-electron chi connectivity index (χ2n) is 4.10. The van der Waals surface area contributed by atoms with E-state index in [1.165, 1.54) is 0 Å². The van der Waals surface area contributed by atoms with E-state index >= 15 is 0 Å². The molecule has 1 heterocycles. The molecule has 2 rings (SSSR count). The normalized spacial score (nSPS) is 17.0. The Bertz CT molecular complexity index is 610. The van der Waals surface area contributed by atoms with E-state index in [-0.39, 0.29) is 13.0 Å². The van der Waals surface area contributed by atoms with Crippen LogP contribution in [0.3, 0.4) is 0 Å². The first-order chi connectivity index (χ1) is 8.73. The number of rotatable bonds is 2. The average molecular weight is 293 g/mol. The summed E-state index contributed by atoms with van der Waals surface area (Å²) in [7, 11) is -4.19. The van der Waals surface area contributed by atoms with Crippen molar-refractivity contribution in [3.63, 3.8) is 0 Å². The molecule has 4 nitrogen and oxygen atoms in total. The number of sulfonamides is 1. The SMILES string of the molecule is O=C1CCCN1S(=O)(=O)c1cccc(C(F)(F)F)c1. The molecule has 1 saturated heterocycles. The smallest absolute Gasteiger partial charge is 0.274 e. The van der Waals surface area contributed by atoms with Gasteiger partial charge in [0.1, 0.15) is 0 Å². The van der Waals surface area contributed by atoms with Crippen molar-refractivity contribution in [2.45, 2.75) is 23.9 Å². The zero-order chi connectivity index (χ0) is 14.3. The van der Waals surface area contributed by atoms with Crippen LogP contribution in [0.5, 0.6) is 0 Å². The zero-order valence-corrected chi connectivity index (χ0v) is 10.5. The molecule has 0 bridgehead atoms. The lowest BCUT2D eigenvalue weighted by molar-refractivity contribution is -0.137. The van der Waals surface area contributed by atoms with Crippen LogP contribution in [0.25, 0.3) is 0 Å². The lowest BCUT2D eigenvalue weighted by atomic mass is 10.2. The Morgan fingerprint density at radius 2 is 1.89 bits per heavy atom. The Balaban J connectivity index is 2.44. The summed E-state index contributed by atoms with van der Waals surface area (Å²) in [6.45, 7) is 0.0113. The molecular weight excluding hydrogens is 283 g/mol. The number of amides is 1. The van der Waals surface area contributed by atoms with Crippen LogP contribution < -0.4 is 0 Å². The van der Waals surface area contributed by atoms with E-state index in [2.05, 4.69) is 0 Å². The summed E-state index contributed by atoms with van der Waals surface area (Å²) in [5.41, 5.74) is -1.06. The van der Waals surface area contributed by atoms with Gasteiger partial charge in [-0.2, -0.15) is 13.2 Å². The fourth-order valence-electron chi connectivity index (χ4n) is 1.84. The van der Waals surface area contributed by atoms with Gasteiger partial charge in [0.05, 0.1) is 10.5 Å². The monoisotopic (exact) mass is 293 g/mol. The minimum Gasteiger partial charge on any atom is -0.274 e. The molecule has 104 valence electrons. The minimum atomic E-state index is -4.62. The number of carbonyl (C=O) groups is 1. The van der Waals surface area contributed by atoms with Gasteiger partial charge in [-0.3, -0.25) is 4.79 Å². The number of hydrogen-bond acceptors (Lipinski definition) is 3. The number of nitrogens with zero attached hydrogens (tertiary/aromatic N) is 1. The van der Waals surface area contributed by atoms with Crippen LogP contribution in [-0.2, 0) is 21.0 Å². The third kappa shape index (κ3) is 2.58. The van der Waals surface area contributed by atoms with Crippen LogP contribution in [0.1, 0.15) is 18.4 Å². The van der Waals surface area contributed by atoms with E-state index in [0.717, 1.165) is 18.2 Å². The van der Waals surface area contributed by atoms with Gasteiger partial charge in [-0.15, -0.1) is 0 Å². The van der Waals surface area contributed by atoms with Gasteiger partial charge in [-0.25, -0.2) is 12.7 Å². The average Bonchev–Trinajstić information content (AvgIpc) is 2.75. The van der Waals surface area contributed by atoms with Gasteiger partial charge >= 0.3 is 6.18 Å². The van der Waals surface area contributed by atoms with Gasteiger partial charge in [0.15, 0.2) is 0 Å². The van der Waals surface area contributed by atoms with E-state index in [9.17, 15) is 26.4 Å². The Morgan fingerprint density at radius 3 is 2.42 bits per heavy atom. The Morgan fingerprint density at radius 1 is 1.21 bits per heavy atom. The summed E-state index contributed by atoms with van der Waals surface area (Å²) in [6, 6.07) is 3.39. The molecule has 1 fully saturated rings. The summed E-state index contributed by atoms with van der Waals surface area (Å²) in [5, 5.41) is 0. The lowest BCUT2D eigenvalue weighted by Crippen LogP contribution is -2.32. The molecular formula is C11H10F3NO3S. The molecule has 1 aromatic carbocycles. The lowest BCUT2D eigenvalue weighted by Gasteiger charge is -2.17. The van der Waals surface area contributed by atoms with Crippen LogP contribution in [-0.4, -0.2) is 25.2 Å². The zero-order valence-electron chi connectivity index (χ0n) is 9.64. The maximum atomic E-state index is 12.5. The van der Waals surface area contributed by atoms with Gasteiger partial charge < -0.3 is 0 Å². The van der Waals surface area contributed by atoms with Crippen LogP contribution in [0.4, 0.5) is 13.2 Å². The predicted octanol–water partition coefficient (Wildman–Crippen LogP) is 2.02. The molecule has 0 atom stereocenters. The van der Waals surface area contributed by atoms with Crippen molar-refractivity contribution in [2.75, 3.05) is 6.54 Å². The first-order valence-electron chi connectivity index (χ1n) is 5.46. The summed E-state index contributed by atoms with van der Waals surface area (Å²) in [4.78, 5) is 10.9. The molecule has 0 unspecified atom stereocenters. The number of halogens is 3. The van der Waals surface area contributed by atoms with Crippen molar-refractivity contribution >= 4 is 15.9 Å². The van der Waals surface area contributed by atoms with Gasteiger partial charge in [-0.1, -0.05) is 6.07 Å². The van der Waals surface area contributed by atoms with Gasteiger partial charge in [0.25, 0.3) is 10.0 Å². The van der Waals surface area contributed by atoms with E-state index in [0.29, 0.717) is 16.8 Å². The standard InChI is InChI=1S/C11H10F3NO3S/c12-11(13,14)8-3-1-4-9(7-8)19(17,18)15-6-2-5-10(15)16/h1,3-4,7H,2,5-6H2. The fraction of sp³-hybridized carbons (Fsp3) is 0.364. The van der Waals surface area contributed by atoms with E-state index < -0.39 is 32.6 Å². The van der Waals surface area contributed by atoms with Crippen molar-refractivity contribution in [3.8, 4) is 0 Å². The largest absolute Gasteiger partial charge is 0.416 e. The fourth-order valence-corrected chi connectivity index (χ4v) is 3.35. The van der Waals surface area contributed by atoms with E-state index in [1.54, 1.807) is 0 Å². The van der Waals surface area contributed by atoms with Crippen molar-refractivity contribution in [2.24, 2.45) is 0 Å². The van der Waals surface area contributed by atoms with Crippen molar-refractivity contribution < 1.29 is 26.4 Å². The molecule has 0 aromatic heterocycles. The number of alkyl halides is 3. The summed E-state index contributed by atoms with van der Waals surface area (Å²) < 4.78 is 62.4. The Hall–Kier alpha value is -1.57.